The van der Waals surface area contributed by atoms with E-state index >= 15 is 0 Å². The Labute approximate surface area is 101 Å². The maximum Gasteiger partial charge on any atom is 0.311 e. The molecule has 1 aliphatic carbocycles. The predicted octanol–water partition coefficient (Wildman–Crippen LogP) is 2.75. The van der Waals surface area contributed by atoms with Crippen molar-refractivity contribution in [1.29, 1.82) is 0 Å². The largest absolute Gasteiger partial charge is 0.457 e. The summed E-state index contributed by atoms with van der Waals surface area (Å²) in [6, 6.07) is 7.57. The smallest absolute Gasteiger partial charge is 0.311 e. The second kappa shape index (κ2) is 4.15. The van der Waals surface area contributed by atoms with E-state index in [0.717, 1.165) is 11.1 Å². The average molecular weight is 234 g/mol. The fraction of sp³-hybridized carbons (Fsp3) is 0.500. The first-order valence-electron chi connectivity index (χ1n) is 5.87. The lowest BCUT2D eigenvalue weighted by Crippen LogP contribution is -2.24. The first-order chi connectivity index (χ1) is 7.89. The molecule has 3 heteroatoms. The van der Waals surface area contributed by atoms with Crippen LogP contribution >= 0.6 is 0 Å². The van der Waals surface area contributed by atoms with Crippen LogP contribution in [0.4, 0.5) is 0 Å². The van der Waals surface area contributed by atoms with Gasteiger partial charge in [0.1, 0.15) is 6.10 Å². The van der Waals surface area contributed by atoms with Crippen molar-refractivity contribution in [3.05, 3.63) is 35.4 Å². The molecule has 1 aromatic rings. The maximum absolute atomic E-state index is 11.8. The summed E-state index contributed by atoms with van der Waals surface area (Å²) in [5, 5.41) is 9.88. The number of esters is 1. The van der Waals surface area contributed by atoms with E-state index in [1.165, 1.54) is 0 Å². The standard InChI is InChI=1S/C14H18O3/c1-14(2,3)13(16)17-12-8-11(15)9-6-4-5-7-10(9)12/h4-7,11-12,15H,8H2,1-3H3/t11-,12+/m1/s1. The minimum Gasteiger partial charge on any atom is -0.457 e. The maximum atomic E-state index is 11.8. The third kappa shape index (κ3) is 2.34. The molecule has 0 aliphatic heterocycles. The molecule has 3 nitrogen and oxygen atoms in total. The third-order valence-electron chi connectivity index (χ3n) is 3.00. The molecule has 0 unspecified atom stereocenters. The Morgan fingerprint density at radius 3 is 2.47 bits per heavy atom. The van der Waals surface area contributed by atoms with Crippen LogP contribution in [0.3, 0.4) is 0 Å². The Bertz CT molecular complexity index is 431. The molecule has 0 saturated heterocycles. The highest BCUT2D eigenvalue weighted by Gasteiger charge is 2.34. The molecule has 0 radical (unpaired) electrons. The van der Waals surface area contributed by atoms with Gasteiger partial charge in [0.05, 0.1) is 11.5 Å². The number of benzene rings is 1. The number of carbonyl (C=O) groups is 1. The van der Waals surface area contributed by atoms with Gasteiger partial charge in [0.25, 0.3) is 0 Å². The molecule has 0 amide bonds. The van der Waals surface area contributed by atoms with Crippen LogP contribution in [0.5, 0.6) is 0 Å². The molecule has 0 saturated carbocycles. The minimum atomic E-state index is -0.524. The fourth-order valence-electron chi connectivity index (χ4n) is 1.98. The molecule has 2 atom stereocenters. The summed E-state index contributed by atoms with van der Waals surface area (Å²) in [5.41, 5.74) is 1.29. The summed E-state index contributed by atoms with van der Waals surface area (Å²) in [7, 11) is 0. The lowest BCUT2D eigenvalue weighted by Gasteiger charge is -2.21. The fourth-order valence-corrected chi connectivity index (χ4v) is 1.98. The molecule has 1 N–H and O–H groups in total. The molecule has 1 aromatic carbocycles. The SMILES string of the molecule is CC(C)(C)C(=O)O[C@H]1C[C@@H](O)c2ccccc21. The van der Waals surface area contributed by atoms with Crippen LogP contribution < -0.4 is 0 Å². The van der Waals surface area contributed by atoms with Crippen molar-refractivity contribution in [3.63, 3.8) is 0 Å². The molecule has 1 aliphatic rings. The van der Waals surface area contributed by atoms with Crippen LogP contribution in [0.25, 0.3) is 0 Å². The van der Waals surface area contributed by atoms with Gasteiger partial charge in [-0.2, -0.15) is 0 Å². The Morgan fingerprint density at radius 1 is 1.29 bits per heavy atom. The van der Waals surface area contributed by atoms with E-state index in [4.69, 9.17) is 4.74 Å². The summed E-state index contributed by atoms with van der Waals surface area (Å²) in [6.45, 7) is 5.48. The summed E-state index contributed by atoms with van der Waals surface area (Å²) in [5.74, 6) is -0.230. The van der Waals surface area contributed by atoms with Crippen LogP contribution in [0.2, 0.25) is 0 Å². The Kier molecular flexibility index (Phi) is 2.96. The van der Waals surface area contributed by atoms with E-state index in [1.807, 2.05) is 45.0 Å². The van der Waals surface area contributed by atoms with Crippen LogP contribution in [-0.2, 0) is 9.53 Å². The van der Waals surface area contributed by atoms with Gasteiger partial charge in [-0.05, 0) is 31.9 Å². The van der Waals surface area contributed by atoms with E-state index in [9.17, 15) is 9.90 Å². The Balaban J connectivity index is 2.18. The average Bonchev–Trinajstić information content (AvgIpc) is 2.56. The molecule has 0 bridgehead atoms. The number of aliphatic hydroxyl groups is 1. The lowest BCUT2D eigenvalue weighted by molar-refractivity contribution is -0.159. The molecule has 2 rings (SSSR count). The van der Waals surface area contributed by atoms with Gasteiger partial charge in [-0.1, -0.05) is 24.3 Å². The van der Waals surface area contributed by atoms with Gasteiger partial charge >= 0.3 is 5.97 Å². The second-order valence-corrected chi connectivity index (χ2v) is 5.52. The number of ether oxygens (including phenoxy) is 1. The van der Waals surface area contributed by atoms with Gasteiger partial charge in [-0.3, -0.25) is 4.79 Å². The molecule has 0 aromatic heterocycles. The van der Waals surface area contributed by atoms with Crippen molar-refractivity contribution >= 4 is 5.97 Å². The van der Waals surface area contributed by atoms with E-state index < -0.39 is 11.5 Å². The van der Waals surface area contributed by atoms with Gasteiger partial charge in [-0.15, -0.1) is 0 Å². The number of rotatable bonds is 1. The van der Waals surface area contributed by atoms with Crippen LogP contribution in [0.15, 0.2) is 24.3 Å². The zero-order valence-corrected chi connectivity index (χ0v) is 10.4. The summed E-state index contributed by atoms with van der Waals surface area (Å²) in [4.78, 5) is 11.8. The van der Waals surface area contributed by atoms with E-state index in [0.29, 0.717) is 6.42 Å². The first-order valence-corrected chi connectivity index (χ1v) is 5.87. The molecule has 17 heavy (non-hydrogen) atoms. The van der Waals surface area contributed by atoms with Crippen LogP contribution in [-0.4, -0.2) is 11.1 Å². The number of carbonyl (C=O) groups excluding carboxylic acids is 1. The number of aliphatic hydroxyl groups excluding tert-OH is 1. The zero-order valence-electron chi connectivity index (χ0n) is 10.4. The van der Waals surface area contributed by atoms with E-state index in [2.05, 4.69) is 0 Å². The quantitative estimate of drug-likeness (QED) is 0.760. The summed E-state index contributed by atoms with van der Waals surface area (Å²) < 4.78 is 5.47. The topological polar surface area (TPSA) is 46.5 Å². The van der Waals surface area contributed by atoms with Crippen molar-refractivity contribution < 1.29 is 14.6 Å². The number of hydrogen-bond donors (Lipinski definition) is 1. The lowest BCUT2D eigenvalue weighted by atomic mass is 9.97. The Hall–Kier alpha value is -1.35. The highest BCUT2D eigenvalue weighted by Crippen LogP contribution is 2.41. The van der Waals surface area contributed by atoms with E-state index in [-0.39, 0.29) is 12.1 Å². The molecule has 0 heterocycles. The van der Waals surface area contributed by atoms with Gasteiger partial charge in [0.2, 0.25) is 0 Å². The first kappa shape index (κ1) is 12.1. The number of fused-ring (bicyclic) bond motifs is 1. The third-order valence-corrected chi connectivity index (χ3v) is 3.00. The van der Waals surface area contributed by atoms with Crippen LogP contribution in [0.1, 0.15) is 50.5 Å². The van der Waals surface area contributed by atoms with Gasteiger partial charge in [0, 0.05) is 6.42 Å². The monoisotopic (exact) mass is 234 g/mol. The number of hydrogen-bond acceptors (Lipinski definition) is 3. The molecule has 92 valence electrons. The molecular formula is C14H18O3. The van der Waals surface area contributed by atoms with Crippen molar-refractivity contribution in [3.8, 4) is 0 Å². The van der Waals surface area contributed by atoms with Crippen molar-refractivity contribution in [2.24, 2.45) is 5.41 Å². The highest BCUT2D eigenvalue weighted by molar-refractivity contribution is 5.75. The van der Waals surface area contributed by atoms with Gasteiger partial charge in [-0.25, -0.2) is 0 Å². The van der Waals surface area contributed by atoms with Crippen molar-refractivity contribution in [1.82, 2.24) is 0 Å². The normalized spacial score (nSPS) is 23.3. The zero-order chi connectivity index (χ0) is 12.6. The molecule has 0 fully saturated rings. The summed E-state index contributed by atoms with van der Waals surface area (Å²) >= 11 is 0. The minimum absolute atomic E-state index is 0.230. The highest BCUT2D eigenvalue weighted by atomic mass is 16.5. The van der Waals surface area contributed by atoms with Crippen molar-refractivity contribution in [2.45, 2.75) is 39.4 Å². The van der Waals surface area contributed by atoms with Crippen LogP contribution in [0, 0.1) is 5.41 Å². The summed E-state index contributed by atoms with van der Waals surface area (Å²) in [6.07, 6.45) is -0.377. The van der Waals surface area contributed by atoms with Crippen molar-refractivity contribution in [2.75, 3.05) is 0 Å². The Morgan fingerprint density at radius 2 is 1.88 bits per heavy atom. The van der Waals surface area contributed by atoms with Gasteiger partial charge < -0.3 is 9.84 Å². The van der Waals surface area contributed by atoms with Gasteiger partial charge in [0.15, 0.2) is 0 Å². The molecular weight excluding hydrogens is 216 g/mol. The second-order valence-electron chi connectivity index (χ2n) is 5.52. The predicted molar refractivity (Wildman–Crippen MR) is 64.3 cm³/mol. The van der Waals surface area contributed by atoms with E-state index in [1.54, 1.807) is 0 Å². The molecule has 0 spiro atoms.